The minimum Gasteiger partial charge on any atom is -0.399 e. The fraction of sp³-hybridized carbons (Fsp3) is 0.682. The van der Waals surface area contributed by atoms with Crippen molar-refractivity contribution in [1.82, 2.24) is 4.90 Å². The number of unbranched alkanes of at least 4 members (excludes halogenated alkanes) is 3. The van der Waals surface area contributed by atoms with Gasteiger partial charge in [-0.25, -0.2) is 0 Å². The van der Waals surface area contributed by atoms with E-state index in [1.54, 1.807) is 0 Å². The van der Waals surface area contributed by atoms with Gasteiger partial charge in [0.1, 0.15) is 0 Å². The number of nitrogens with zero attached hydrogens (tertiary/aromatic N) is 2. The second-order valence-electron chi connectivity index (χ2n) is 6.60. The Kier molecular flexibility index (Phi) is 16.5. The van der Waals surface area contributed by atoms with Crippen molar-refractivity contribution in [3.63, 3.8) is 0 Å². The second kappa shape index (κ2) is 17.5. The first-order valence-corrected chi connectivity index (χ1v) is 10.2. The molecule has 0 saturated carbocycles. The SMILES string of the molecule is CCCCC=NCc1ccc(N)cc1.CCCCN(CCC)CCC. The van der Waals surface area contributed by atoms with Crippen molar-refractivity contribution in [3.8, 4) is 0 Å². The molecule has 0 aromatic heterocycles. The molecule has 1 aromatic rings. The van der Waals surface area contributed by atoms with E-state index >= 15 is 0 Å². The van der Waals surface area contributed by atoms with Crippen LogP contribution in [0.2, 0.25) is 0 Å². The third kappa shape index (κ3) is 14.7. The van der Waals surface area contributed by atoms with Crippen LogP contribution in [0.15, 0.2) is 29.3 Å². The van der Waals surface area contributed by atoms with Crippen molar-refractivity contribution in [2.75, 3.05) is 25.4 Å². The van der Waals surface area contributed by atoms with Crippen molar-refractivity contribution in [1.29, 1.82) is 0 Å². The summed E-state index contributed by atoms with van der Waals surface area (Å²) < 4.78 is 0. The molecule has 0 aliphatic rings. The average Bonchev–Trinajstić information content (AvgIpc) is 2.62. The Hall–Kier alpha value is -1.35. The highest BCUT2D eigenvalue weighted by Gasteiger charge is 1.99. The van der Waals surface area contributed by atoms with Gasteiger partial charge in [-0.2, -0.15) is 0 Å². The Balaban J connectivity index is 0.000000477. The molecule has 0 amide bonds. The molecule has 0 spiro atoms. The van der Waals surface area contributed by atoms with Gasteiger partial charge in [0.25, 0.3) is 0 Å². The molecule has 0 heterocycles. The minimum atomic E-state index is 0.768. The van der Waals surface area contributed by atoms with E-state index in [0.29, 0.717) is 0 Å². The molecule has 1 aromatic carbocycles. The number of hydrogen-bond acceptors (Lipinski definition) is 3. The van der Waals surface area contributed by atoms with Gasteiger partial charge in [0.15, 0.2) is 0 Å². The van der Waals surface area contributed by atoms with Crippen molar-refractivity contribution in [2.24, 2.45) is 4.99 Å². The van der Waals surface area contributed by atoms with E-state index in [2.05, 4.69) is 37.6 Å². The Morgan fingerprint density at radius 1 is 0.840 bits per heavy atom. The van der Waals surface area contributed by atoms with Gasteiger partial charge in [-0.15, -0.1) is 0 Å². The lowest BCUT2D eigenvalue weighted by Crippen LogP contribution is -2.26. The van der Waals surface area contributed by atoms with E-state index in [1.165, 1.54) is 63.7 Å². The van der Waals surface area contributed by atoms with Gasteiger partial charge < -0.3 is 10.6 Å². The lowest BCUT2D eigenvalue weighted by molar-refractivity contribution is 0.270. The van der Waals surface area contributed by atoms with Crippen molar-refractivity contribution < 1.29 is 0 Å². The molecule has 0 fully saturated rings. The maximum absolute atomic E-state index is 5.58. The monoisotopic (exact) mass is 347 g/mol. The van der Waals surface area contributed by atoms with E-state index in [0.717, 1.165) is 18.7 Å². The Morgan fingerprint density at radius 2 is 1.44 bits per heavy atom. The first kappa shape index (κ1) is 23.6. The van der Waals surface area contributed by atoms with Crippen LogP contribution in [0.4, 0.5) is 5.69 Å². The molecule has 0 bridgehead atoms. The summed E-state index contributed by atoms with van der Waals surface area (Å²) in [6.45, 7) is 13.6. The zero-order valence-corrected chi connectivity index (χ0v) is 17.1. The summed E-state index contributed by atoms with van der Waals surface area (Å²) in [5.41, 5.74) is 7.61. The predicted molar refractivity (Wildman–Crippen MR) is 115 cm³/mol. The largest absolute Gasteiger partial charge is 0.399 e. The molecule has 0 saturated heterocycles. The molecule has 0 radical (unpaired) electrons. The number of aliphatic imine (C=N–C) groups is 1. The summed E-state index contributed by atoms with van der Waals surface area (Å²) in [6, 6.07) is 7.87. The molecule has 3 nitrogen and oxygen atoms in total. The van der Waals surface area contributed by atoms with Gasteiger partial charge in [0.2, 0.25) is 0 Å². The highest BCUT2D eigenvalue weighted by Crippen LogP contribution is 2.06. The fourth-order valence-electron chi connectivity index (χ4n) is 2.53. The molecule has 0 aliphatic carbocycles. The number of nitrogen functional groups attached to an aromatic ring is 1. The van der Waals surface area contributed by atoms with Crippen LogP contribution < -0.4 is 5.73 Å². The molecule has 0 aliphatic heterocycles. The van der Waals surface area contributed by atoms with Crippen molar-refractivity contribution in [2.45, 2.75) is 79.2 Å². The van der Waals surface area contributed by atoms with Gasteiger partial charge in [0.05, 0.1) is 6.54 Å². The van der Waals surface area contributed by atoms with Crippen LogP contribution in [0, 0.1) is 0 Å². The highest BCUT2D eigenvalue weighted by molar-refractivity contribution is 5.57. The fourth-order valence-corrected chi connectivity index (χ4v) is 2.53. The summed E-state index contributed by atoms with van der Waals surface area (Å²) in [4.78, 5) is 6.92. The first-order valence-electron chi connectivity index (χ1n) is 10.2. The summed E-state index contributed by atoms with van der Waals surface area (Å²) in [6.07, 6.45) is 10.8. The molecule has 25 heavy (non-hydrogen) atoms. The van der Waals surface area contributed by atoms with Crippen LogP contribution in [0.1, 0.15) is 78.2 Å². The van der Waals surface area contributed by atoms with Gasteiger partial charge >= 0.3 is 0 Å². The third-order valence-electron chi connectivity index (χ3n) is 3.98. The lowest BCUT2D eigenvalue weighted by atomic mass is 10.2. The van der Waals surface area contributed by atoms with E-state index in [-0.39, 0.29) is 0 Å². The van der Waals surface area contributed by atoms with E-state index in [9.17, 15) is 0 Å². The number of hydrogen-bond donors (Lipinski definition) is 1. The molecule has 1 rings (SSSR count). The van der Waals surface area contributed by atoms with Crippen LogP contribution in [-0.4, -0.2) is 30.7 Å². The van der Waals surface area contributed by atoms with Crippen molar-refractivity contribution in [3.05, 3.63) is 29.8 Å². The Labute approximate surface area is 156 Å². The van der Waals surface area contributed by atoms with E-state index in [1.807, 2.05) is 30.5 Å². The molecular weight excluding hydrogens is 306 g/mol. The maximum Gasteiger partial charge on any atom is 0.0635 e. The van der Waals surface area contributed by atoms with Gasteiger partial charge in [0, 0.05) is 5.69 Å². The smallest absolute Gasteiger partial charge is 0.0635 e. The van der Waals surface area contributed by atoms with E-state index in [4.69, 9.17) is 5.73 Å². The van der Waals surface area contributed by atoms with Gasteiger partial charge in [-0.1, -0.05) is 52.7 Å². The molecular formula is C22H41N3. The quantitative estimate of drug-likeness (QED) is 0.289. The van der Waals surface area contributed by atoms with Crippen LogP contribution in [-0.2, 0) is 6.54 Å². The van der Waals surface area contributed by atoms with Gasteiger partial charge in [-0.3, -0.25) is 4.99 Å². The lowest BCUT2D eigenvalue weighted by Gasteiger charge is -2.20. The summed E-state index contributed by atoms with van der Waals surface area (Å²) in [5.74, 6) is 0. The number of anilines is 1. The molecule has 0 atom stereocenters. The number of benzene rings is 1. The Morgan fingerprint density at radius 3 is 1.96 bits per heavy atom. The number of nitrogens with two attached hydrogens (primary N) is 1. The average molecular weight is 348 g/mol. The molecule has 2 N–H and O–H groups in total. The molecule has 144 valence electrons. The Bertz CT molecular complexity index is 406. The van der Waals surface area contributed by atoms with Crippen molar-refractivity contribution >= 4 is 11.9 Å². The van der Waals surface area contributed by atoms with Crippen LogP contribution >= 0.6 is 0 Å². The summed E-state index contributed by atoms with van der Waals surface area (Å²) in [5, 5.41) is 0. The van der Waals surface area contributed by atoms with E-state index < -0.39 is 0 Å². The molecule has 3 heteroatoms. The summed E-state index contributed by atoms with van der Waals surface area (Å²) >= 11 is 0. The van der Waals surface area contributed by atoms with Crippen LogP contribution in [0.3, 0.4) is 0 Å². The standard InChI is InChI=1S/C12H18N2.C10H23N/c1-2-3-4-9-14-10-11-5-7-12(13)8-6-11;1-4-7-10-11(8-5-2)9-6-3/h5-9H,2-4,10,13H2,1H3;4-10H2,1-3H3. The molecule has 0 unspecified atom stereocenters. The third-order valence-corrected chi connectivity index (χ3v) is 3.98. The van der Waals surface area contributed by atoms with Gasteiger partial charge in [-0.05, 0) is 75.6 Å². The number of rotatable bonds is 12. The van der Waals surface area contributed by atoms with Crippen LogP contribution in [0.5, 0.6) is 0 Å². The van der Waals surface area contributed by atoms with Crippen LogP contribution in [0.25, 0.3) is 0 Å². The minimum absolute atomic E-state index is 0.768. The topological polar surface area (TPSA) is 41.6 Å². The maximum atomic E-state index is 5.58. The summed E-state index contributed by atoms with van der Waals surface area (Å²) in [7, 11) is 0. The second-order valence-corrected chi connectivity index (χ2v) is 6.60. The normalized spacial score (nSPS) is 10.9. The zero-order chi connectivity index (χ0) is 18.8. The first-order chi connectivity index (χ1) is 12.2. The predicted octanol–water partition coefficient (Wildman–Crippen LogP) is 5.94. The highest BCUT2D eigenvalue weighted by atomic mass is 15.1. The zero-order valence-electron chi connectivity index (χ0n) is 17.1.